The summed E-state index contributed by atoms with van der Waals surface area (Å²) in [4.78, 5) is 0. The third kappa shape index (κ3) is 3.52. The van der Waals surface area contributed by atoms with Crippen LogP contribution < -0.4 is 0 Å². The summed E-state index contributed by atoms with van der Waals surface area (Å²) in [7, 11) is -3.04. The van der Waals surface area contributed by atoms with Crippen molar-refractivity contribution in [2.45, 2.75) is 65.3 Å². The molecule has 0 amide bonds. The average molecular weight is 287 g/mol. The number of sulfonamides is 1. The van der Waals surface area contributed by atoms with Crippen molar-refractivity contribution >= 4 is 10.0 Å². The Bertz CT molecular complexity index is 391. The maximum atomic E-state index is 12.6. The van der Waals surface area contributed by atoms with Gasteiger partial charge in [-0.3, -0.25) is 0 Å². The topological polar surface area (TPSA) is 37.4 Å². The van der Waals surface area contributed by atoms with Crippen LogP contribution >= 0.6 is 0 Å². The Morgan fingerprint density at radius 2 is 1.84 bits per heavy atom. The summed E-state index contributed by atoms with van der Waals surface area (Å²) in [6, 6.07) is 0.301. The van der Waals surface area contributed by atoms with Crippen LogP contribution in [0.4, 0.5) is 0 Å². The summed E-state index contributed by atoms with van der Waals surface area (Å²) in [5, 5.41) is 0. The smallest absolute Gasteiger partial charge is 0.212 e. The van der Waals surface area contributed by atoms with Gasteiger partial charge < -0.3 is 0 Å². The van der Waals surface area contributed by atoms with Gasteiger partial charge in [0.1, 0.15) is 0 Å². The molecule has 0 radical (unpaired) electrons. The van der Waals surface area contributed by atoms with Crippen LogP contribution in [0, 0.1) is 17.8 Å². The van der Waals surface area contributed by atoms with Gasteiger partial charge in [0.2, 0.25) is 10.0 Å². The molecule has 1 heterocycles. The van der Waals surface area contributed by atoms with E-state index in [1.807, 2.05) is 4.31 Å². The lowest BCUT2D eigenvalue weighted by Gasteiger charge is -2.46. The van der Waals surface area contributed by atoms with E-state index in [2.05, 4.69) is 20.8 Å². The fraction of sp³-hybridized carbons (Fsp3) is 1.00. The van der Waals surface area contributed by atoms with E-state index < -0.39 is 10.0 Å². The third-order valence-corrected chi connectivity index (χ3v) is 6.92. The fourth-order valence-electron chi connectivity index (χ4n) is 3.72. The van der Waals surface area contributed by atoms with Crippen LogP contribution in [0.25, 0.3) is 0 Å². The molecule has 3 atom stereocenters. The van der Waals surface area contributed by atoms with Gasteiger partial charge in [-0.05, 0) is 43.4 Å². The molecule has 0 aromatic heterocycles. The van der Waals surface area contributed by atoms with Crippen LogP contribution in [-0.4, -0.2) is 31.1 Å². The summed E-state index contributed by atoms with van der Waals surface area (Å²) in [6.07, 6.45) is 6.61. The zero-order chi connectivity index (χ0) is 14.0. The Balaban J connectivity index is 2.10. The second-order valence-corrected chi connectivity index (χ2v) is 8.93. The second kappa shape index (κ2) is 6.13. The predicted octanol–water partition coefficient (Wildman–Crippen LogP) is 3.26. The third-order valence-electron chi connectivity index (χ3n) is 5.00. The molecule has 1 aliphatic heterocycles. The largest absolute Gasteiger partial charge is 0.214 e. The molecule has 0 bridgehead atoms. The van der Waals surface area contributed by atoms with Gasteiger partial charge in [-0.1, -0.05) is 33.6 Å². The van der Waals surface area contributed by atoms with Crippen molar-refractivity contribution in [1.82, 2.24) is 4.31 Å². The lowest BCUT2D eigenvalue weighted by Crippen LogP contribution is -2.52. The van der Waals surface area contributed by atoms with Crippen LogP contribution in [0.1, 0.15) is 59.3 Å². The Hall–Kier alpha value is -0.0900. The molecule has 1 saturated heterocycles. The van der Waals surface area contributed by atoms with Gasteiger partial charge in [-0.25, -0.2) is 8.42 Å². The van der Waals surface area contributed by atoms with Gasteiger partial charge in [-0.2, -0.15) is 4.31 Å². The Labute approximate surface area is 118 Å². The normalized spacial score (nSPS) is 33.4. The van der Waals surface area contributed by atoms with Gasteiger partial charge in [0.15, 0.2) is 0 Å². The minimum atomic E-state index is -3.04. The summed E-state index contributed by atoms with van der Waals surface area (Å²) >= 11 is 0. The minimum Gasteiger partial charge on any atom is -0.212 e. The van der Waals surface area contributed by atoms with Crippen LogP contribution in [0.15, 0.2) is 0 Å². The lowest BCUT2D eigenvalue weighted by atomic mass is 9.74. The van der Waals surface area contributed by atoms with Crippen molar-refractivity contribution < 1.29 is 8.42 Å². The second-order valence-electron chi connectivity index (χ2n) is 6.89. The Morgan fingerprint density at radius 1 is 1.16 bits per heavy atom. The number of nitrogens with zero attached hydrogens (tertiary/aromatic N) is 1. The molecule has 4 heteroatoms. The molecule has 1 aliphatic carbocycles. The number of fused-ring (bicyclic) bond motifs is 1. The first-order chi connectivity index (χ1) is 8.92. The molecular formula is C15H29NO2S. The maximum Gasteiger partial charge on any atom is 0.214 e. The highest BCUT2D eigenvalue weighted by Crippen LogP contribution is 2.40. The van der Waals surface area contributed by atoms with E-state index in [-0.39, 0.29) is 0 Å². The molecule has 0 aromatic rings. The highest BCUT2D eigenvalue weighted by atomic mass is 32.2. The molecule has 0 N–H and O–H groups in total. The molecule has 3 unspecified atom stereocenters. The van der Waals surface area contributed by atoms with E-state index in [0.29, 0.717) is 29.5 Å². The van der Waals surface area contributed by atoms with Crippen LogP contribution in [-0.2, 0) is 10.0 Å². The number of piperidine rings is 1. The van der Waals surface area contributed by atoms with Gasteiger partial charge in [0.05, 0.1) is 5.75 Å². The Kier molecular flexibility index (Phi) is 4.93. The molecule has 2 aliphatic rings. The zero-order valence-electron chi connectivity index (χ0n) is 12.6. The average Bonchev–Trinajstić information content (AvgIpc) is 2.37. The lowest BCUT2D eigenvalue weighted by molar-refractivity contribution is 0.0826. The van der Waals surface area contributed by atoms with E-state index in [0.717, 1.165) is 25.8 Å². The van der Waals surface area contributed by atoms with Crippen molar-refractivity contribution in [3.63, 3.8) is 0 Å². The maximum absolute atomic E-state index is 12.6. The first kappa shape index (κ1) is 15.3. The Morgan fingerprint density at radius 3 is 2.53 bits per heavy atom. The van der Waals surface area contributed by atoms with E-state index in [4.69, 9.17) is 0 Å². The first-order valence-electron chi connectivity index (χ1n) is 7.91. The molecule has 2 rings (SSSR count). The predicted molar refractivity (Wildman–Crippen MR) is 79.5 cm³/mol. The van der Waals surface area contributed by atoms with Gasteiger partial charge in [0, 0.05) is 12.6 Å². The highest BCUT2D eigenvalue weighted by Gasteiger charge is 2.41. The van der Waals surface area contributed by atoms with Crippen LogP contribution in [0.3, 0.4) is 0 Å². The molecule has 2 fully saturated rings. The van der Waals surface area contributed by atoms with E-state index in [1.165, 1.54) is 19.3 Å². The van der Waals surface area contributed by atoms with Crippen LogP contribution in [0.2, 0.25) is 0 Å². The summed E-state index contributed by atoms with van der Waals surface area (Å²) in [5.74, 6) is 2.10. The molecule has 112 valence electrons. The molecular weight excluding hydrogens is 258 g/mol. The monoisotopic (exact) mass is 287 g/mol. The fourth-order valence-corrected chi connectivity index (χ4v) is 5.78. The van der Waals surface area contributed by atoms with E-state index >= 15 is 0 Å². The SMILES string of the molecule is CC(C)CCS(=O)(=O)N1CCC(C)C2CCCCC21. The quantitative estimate of drug-likeness (QED) is 0.796. The van der Waals surface area contributed by atoms with Crippen LogP contribution in [0.5, 0.6) is 0 Å². The van der Waals surface area contributed by atoms with Crippen molar-refractivity contribution in [3.8, 4) is 0 Å². The van der Waals surface area contributed by atoms with Crippen molar-refractivity contribution in [3.05, 3.63) is 0 Å². The van der Waals surface area contributed by atoms with Crippen molar-refractivity contribution in [2.24, 2.45) is 17.8 Å². The van der Waals surface area contributed by atoms with Crippen molar-refractivity contribution in [2.75, 3.05) is 12.3 Å². The molecule has 0 spiro atoms. The molecule has 19 heavy (non-hydrogen) atoms. The minimum absolute atomic E-state index is 0.301. The number of hydrogen-bond donors (Lipinski definition) is 0. The van der Waals surface area contributed by atoms with E-state index in [1.54, 1.807) is 0 Å². The molecule has 1 saturated carbocycles. The van der Waals surface area contributed by atoms with E-state index in [9.17, 15) is 8.42 Å². The summed E-state index contributed by atoms with van der Waals surface area (Å²) in [5.41, 5.74) is 0. The summed E-state index contributed by atoms with van der Waals surface area (Å²) < 4.78 is 27.0. The van der Waals surface area contributed by atoms with Gasteiger partial charge in [0.25, 0.3) is 0 Å². The molecule has 0 aromatic carbocycles. The number of hydrogen-bond acceptors (Lipinski definition) is 2. The van der Waals surface area contributed by atoms with Crippen molar-refractivity contribution in [1.29, 1.82) is 0 Å². The van der Waals surface area contributed by atoms with Gasteiger partial charge in [-0.15, -0.1) is 0 Å². The first-order valence-corrected chi connectivity index (χ1v) is 9.52. The zero-order valence-corrected chi connectivity index (χ0v) is 13.5. The van der Waals surface area contributed by atoms with Gasteiger partial charge >= 0.3 is 0 Å². The standard InChI is InChI=1S/C15H29NO2S/c1-12(2)9-11-19(17,18)16-10-8-13(3)14-6-4-5-7-15(14)16/h12-15H,4-11H2,1-3H3. The molecule has 3 nitrogen and oxygen atoms in total. The summed E-state index contributed by atoms with van der Waals surface area (Å²) in [6.45, 7) is 7.25. The number of rotatable bonds is 4. The highest BCUT2D eigenvalue weighted by molar-refractivity contribution is 7.89.